The van der Waals surface area contributed by atoms with E-state index in [0.717, 1.165) is 19.6 Å². The average Bonchev–Trinajstić information content (AvgIpc) is 1.89. The van der Waals surface area contributed by atoms with Gasteiger partial charge in [-0.25, -0.2) is 0 Å². The summed E-state index contributed by atoms with van der Waals surface area (Å²) in [5, 5.41) is 0. The summed E-state index contributed by atoms with van der Waals surface area (Å²) in [5.41, 5.74) is 0. The minimum absolute atomic E-state index is 0. The van der Waals surface area contributed by atoms with E-state index >= 15 is 0 Å². The van der Waals surface area contributed by atoms with Crippen molar-refractivity contribution in [2.24, 2.45) is 0 Å². The van der Waals surface area contributed by atoms with Gasteiger partial charge in [-0.05, 0) is 12.8 Å². The Labute approximate surface area is 107 Å². The monoisotopic (exact) mass is 170 g/mol. The van der Waals surface area contributed by atoms with E-state index in [4.69, 9.17) is 4.74 Å². The molecule has 0 saturated heterocycles. The van der Waals surface area contributed by atoms with E-state index in [1.807, 2.05) is 0 Å². The molecular weight excluding hydrogens is 151 g/mol. The van der Waals surface area contributed by atoms with Crippen molar-refractivity contribution in [3.63, 3.8) is 0 Å². The summed E-state index contributed by atoms with van der Waals surface area (Å²) in [4.78, 5) is 0. The van der Waals surface area contributed by atoms with Gasteiger partial charge in [-0.3, -0.25) is 0 Å². The van der Waals surface area contributed by atoms with Gasteiger partial charge in [0.25, 0.3) is 0 Å². The molecule has 0 saturated carbocycles. The molecule has 0 radical (unpaired) electrons. The molecule has 0 aromatic rings. The van der Waals surface area contributed by atoms with Crippen LogP contribution in [0.2, 0.25) is 0 Å². The number of hydrogen-bond acceptors (Lipinski definition) is 1. The second-order valence-corrected chi connectivity index (χ2v) is 2.32. The van der Waals surface area contributed by atoms with Crippen LogP contribution in [-0.4, -0.2) is 64.6 Å². The molecule has 2 heteroatoms. The number of rotatable bonds is 6. The molecule has 58 valence electrons. The Morgan fingerprint density at radius 3 is 2.10 bits per heavy atom. The van der Waals surface area contributed by atoms with Crippen LogP contribution < -0.4 is 0 Å². The van der Waals surface area contributed by atoms with Gasteiger partial charge in [-0.15, -0.1) is 0 Å². The first-order valence-electron chi connectivity index (χ1n) is 3.99. The SMILES string of the molecule is CCCCCOCCC.[KH]. The number of ether oxygens (including phenoxy) is 1. The van der Waals surface area contributed by atoms with Gasteiger partial charge in [0.15, 0.2) is 0 Å². The zero-order chi connectivity index (χ0) is 6.95. The third-order valence-electron chi connectivity index (χ3n) is 1.24. The maximum absolute atomic E-state index is 5.28. The molecular formula is C8H19KO. The molecule has 0 spiro atoms. The average molecular weight is 170 g/mol. The van der Waals surface area contributed by atoms with Gasteiger partial charge in [0.05, 0.1) is 0 Å². The van der Waals surface area contributed by atoms with Crippen LogP contribution in [0.1, 0.15) is 39.5 Å². The second-order valence-electron chi connectivity index (χ2n) is 2.32. The molecule has 0 unspecified atom stereocenters. The Balaban J connectivity index is 0. The van der Waals surface area contributed by atoms with Gasteiger partial charge < -0.3 is 4.74 Å². The Kier molecular flexibility index (Phi) is 18.7. The van der Waals surface area contributed by atoms with Gasteiger partial charge in [0, 0.05) is 13.2 Å². The summed E-state index contributed by atoms with van der Waals surface area (Å²) < 4.78 is 5.28. The molecule has 0 aliphatic carbocycles. The molecule has 0 atom stereocenters. The molecule has 10 heavy (non-hydrogen) atoms. The predicted octanol–water partition coefficient (Wildman–Crippen LogP) is 1.95. The van der Waals surface area contributed by atoms with Crippen molar-refractivity contribution >= 4 is 51.4 Å². The molecule has 0 amide bonds. The normalized spacial score (nSPS) is 9.00. The number of hydrogen-bond donors (Lipinski definition) is 0. The van der Waals surface area contributed by atoms with Crippen LogP contribution in [0.3, 0.4) is 0 Å². The van der Waals surface area contributed by atoms with Crippen LogP contribution in [0, 0.1) is 0 Å². The van der Waals surface area contributed by atoms with Crippen molar-refractivity contribution in [3.8, 4) is 0 Å². The Morgan fingerprint density at radius 2 is 1.60 bits per heavy atom. The van der Waals surface area contributed by atoms with Gasteiger partial charge in [0.2, 0.25) is 0 Å². The van der Waals surface area contributed by atoms with Crippen molar-refractivity contribution in [1.29, 1.82) is 0 Å². The van der Waals surface area contributed by atoms with Gasteiger partial charge in [-0.2, -0.15) is 0 Å². The van der Waals surface area contributed by atoms with Gasteiger partial charge in [-0.1, -0.05) is 26.7 Å². The molecule has 0 heterocycles. The van der Waals surface area contributed by atoms with Crippen LogP contribution in [-0.2, 0) is 4.74 Å². The molecule has 0 aromatic carbocycles. The fourth-order valence-corrected chi connectivity index (χ4v) is 0.701. The standard InChI is InChI=1S/C8H18O.K.H/c1-3-5-6-8-9-7-4-2;;/h3-8H2,1-2H3;;. The van der Waals surface area contributed by atoms with Crippen LogP contribution in [0.5, 0.6) is 0 Å². The summed E-state index contributed by atoms with van der Waals surface area (Å²) >= 11 is 0. The zero-order valence-corrected chi connectivity index (χ0v) is 6.65. The van der Waals surface area contributed by atoms with Crippen molar-refractivity contribution in [2.75, 3.05) is 13.2 Å². The Morgan fingerprint density at radius 1 is 0.900 bits per heavy atom. The quantitative estimate of drug-likeness (QED) is 0.437. The van der Waals surface area contributed by atoms with Crippen LogP contribution in [0.4, 0.5) is 0 Å². The first kappa shape index (κ1) is 14.1. The van der Waals surface area contributed by atoms with E-state index in [1.54, 1.807) is 0 Å². The van der Waals surface area contributed by atoms with Crippen LogP contribution >= 0.6 is 0 Å². The van der Waals surface area contributed by atoms with Crippen molar-refractivity contribution < 1.29 is 4.74 Å². The van der Waals surface area contributed by atoms with E-state index in [2.05, 4.69) is 13.8 Å². The molecule has 0 rings (SSSR count). The molecule has 0 aromatic heterocycles. The molecule has 0 bridgehead atoms. The van der Waals surface area contributed by atoms with E-state index < -0.39 is 0 Å². The maximum atomic E-state index is 5.28. The van der Waals surface area contributed by atoms with E-state index in [9.17, 15) is 0 Å². The van der Waals surface area contributed by atoms with Gasteiger partial charge >= 0.3 is 51.4 Å². The number of unbranched alkanes of at least 4 members (excludes halogenated alkanes) is 2. The van der Waals surface area contributed by atoms with Crippen molar-refractivity contribution in [1.82, 2.24) is 0 Å². The summed E-state index contributed by atoms with van der Waals surface area (Å²) in [6.45, 7) is 6.24. The second kappa shape index (κ2) is 13.2. The molecule has 0 N–H and O–H groups in total. The third kappa shape index (κ3) is 12.3. The first-order chi connectivity index (χ1) is 4.41. The Hall–Kier alpha value is 1.60. The van der Waals surface area contributed by atoms with Gasteiger partial charge in [0.1, 0.15) is 0 Å². The third-order valence-corrected chi connectivity index (χ3v) is 1.24. The predicted molar refractivity (Wildman–Crippen MR) is 47.8 cm³/mol. The summed E-state index contributed by atoms with van der Waals surface area (Å²) in [6.07, 6.45) is 4.97. The fourth-order valence-electron chi connectivity index (χ4n) is 0.701. The van der Waals surface area contributed by atoms with E-state index in [0.29, 0.717) is 0 Å². The van der Waals surface area contributed by atoms with Crippen molar-refractivity contribution in [2.45, 2.75) is 39.5 Å². The summed E-state index contributed by atoms with van der Waals surface area (Å²) in [6, 6.07) is 0. The Bertz CT molecular complexity index is 42.5. The van der Waals surface area contributed by atoms with E-state index in [-0.39, 0.29) is 51.4 Å². The molecule has 1 nitrogen and oxygen atoms in total. The summed E-state index contributed by atoms with van der Waals surface area (Å²) in [7, 11) is 0. The fraction of sp³-hybridized carbons (Fsp3) is 1.00. The summed E-state index contributed by atoms with van der Waals surface area (Å²) in [5.74, 6) is 0. The van der Waals surface area contributed by atoms with Crippen LogP contribution in [0.25, 0.3) is 0 Å². The molecule has 0 fully saturated rings. The molecule has 0 aliphatic heterocycles. The minimum atomic E-state index is 0. The van der Waals surface area contributed by atoms with Crippen molar-refractivity contribution in [3.05, 3.63) is 0 Å². The van der Waals surface area contributed by atoms with E-state index in [1.165, 1.54) is 19.3 Å². The van der Waals surface area contributed by atoms with Crippen LogP contribution in [0.15, 0.2) is 0 Å². The topological polar surface area (TPSA) is 9.23 Å². The molecule has 0 aliphatic rings. The first-order valence-corrected chi connectivity index (χ1v) is 3.99. The zero-order valence-electron chi connectivity index (χ0n) is 6.65.